The Morgan fingerprint density at radius 3 is 2.85 bits per heavy atom. The van der Waals surface area contributed by atoms with Gasteiger partial charge in [-0.3, -0.25) is 9.89 Å². The molecular weight excluding hydrogens is 256 g/mol. The van der Waals surface area contributed by atoms with Crippen molar-refractivity contribution in [1.29, 1.82) is 0 Å². The van der Waals surface area contributed by atoms with Crippen molar-refractivity contribution in [3.63, 3.8) is 0 Å². The molecular formula is C15H12N2O3. The lowest BCUT2D eigenvalue weighted by Crippen LogP contribution is -2.03. The Morgan fingerprint density at radius 1 is 1.15 bits per heavy atom. The van der Waals surface area contributed by atoms with E-state index < -0.39 is 0 Å². The molecule has 2 aromatic carbocycles. The number of carbonyl (C=O) groups excluding carboxylic acids is 1. The van der Waals surface area contributed by atoms with Crippen LogP contribution in [0.5, 0.6) is 11.5 Å². The van der Waals surface area contributed by atoms with Crippen molar-refractivity contribution < 1.29 is 15.0 Å². The first-order chi connectivity index (χ1) is 9.63. The third-order valence-electron chi connectivity index (χ3n) is 3.15. The number of Topliss-reactive ketones (excluding diaryl/α,β-unsaturated/α-hetero) is 1. The fraction of sp³-hybridized carbons (Fsp3) is 0.0667. The second kappa shape index (κ2) is 4.70. The Hall–Kier alpha value is -2.82. The van der Waals surface area contributed by atoms with E-state index in [4.69, 9.17) is 0 Å². The van der Waals surface area contributed by atoms with Crippen LogP contribution in [0.15, 0.2) is 42.6 Å². The lowest BCUT2D eigenvalue weighted by Gasteiger charge is -2.05. The summed E-state index contributed by atoms with van der Waals surface area (Å²) in [6.45, 7) is 0. The van der Waals surface area contributed by atoms with Gasteiger partial charge >= 0.3 is 0 Å². The van der Waals surface area contributed by atoms with Gasteiger partial charge in [-0.25, -0.2) is 0 Å². The number of phenols is 2. The maximum atomic E-state index is 12.2. The average Bonchev–Trinajstić information content (AvgIpc) is 2.89. The van der Waals surface area contributed by atoms with Gasteiger partial charge in [-0.1, -0.05) is 6.07 Å². The molecule has 0 aliphatic carbocycles. The van der Waals surface area contributed by atoms with Crippen molar-refractivity contribution in [3.8, 4) is 11.5 Å². The highest BCUT2D eigenvalue weighted by atomic mass is 16.3. The first-order valence-corrected chi connectivity index (χ1v) is 6.10. The van der Waals surface area contributed by atoms with Crippen LogP contribution in [-0.2, 0) is 6.42 Å². The summed E-state index contributed by atoms with van der Waals surface area (Å²) in [6, 6.07) is 9.47. The van der Waals surface area contributed by atoms with E-state index in [-0.39, 0.29) is 29.3 Å². The molecule has 20 heavy (non-hydrogen) atoms. The van der Waals surface area contributed by atoms with Crippen LogP contribution in [0.4, 0.5) is 0 Å². The Bertz CT molecular complexity index is 793. The molecule has 5 heteroatoms. The lowest BCUT2D eigenvalue weighted by atomic mass is 10.0. The molecule has 3 aromatic rings. The molecule has 1 aromatic heterocycles. The van der Waals surface area contributed by atoms with Crippen molar-refractivity contribution in [3.05, 3.63) is 53.7 Å². The van der Waals surface area contributed by atoms with Crippen molar-refractivity contribution in [2.24, 2.45) is 0 Å². The second-order valence-electron chi connectivity index (χ2n) is 4.59. The number of hydrogen-bond acceptors (Lipinski definition) is 4. The number of benzene rings is 2. The normalized spacial score (nSPS) is 10.8. The highest BCUT2D eigenvalue weighted by Gasteiger charge is 2.13. The SMILES string of the molecule is O=C(Cc1ccc2[nH]ncc2c1)c1cc(O)ccc1O. The Balaban J connectivity index is 1.89. The first-order valence-electron chi connectivity index (χ1n) is 6.10. The number of H-pyrrole nitrogens is 1. The van der Waals surface area contributed by atoms with Crippen molar-refractivity contribution in [2.75, 3.05) is 0 Å². The van der Waals surface area contributed by atoms with Gasteiger partial charge in [0.2, 0.25) is 0 Å². The predicted octanol–water partition coefficient (Wildman–Crippen LogP) is 2.40. The van der Waals surface area contributed by atoms with Gasteiger partial charge in [-0.05, 0) is 35.9 Å². The zero-order valence-corrected chi connectivity index (χ0v) is 10.5. The van der Waals surface area contributed by atoms with E-state index in [2.05, 4.69) is 10.2 Å². The number of rotatable bonds is 3. The zero-order chi connectivity index (χ0) is 14.1. The standard InChI is InChI=1S/C15H12N2O3/c18-11-2-4-14(19)12(7-11)15(20)6-9-1-3-13-10(5-9)8-16-17-13/h1-5,7-8,18-19H,6H2,(H,16,17). The zero-order valence-electron chi connectivity index (χ0n) is 10.5. The van der Waals surface area contributed by atoms with Crippen LogP contribution in [0.1, 0.15) is 15.9 Å². The van der Waals surface area contributed by atoms with Gasteiger partial charge in [0.15, 0.2) is 5.78 Å². The van der Waals surface area contributed by atoms with Gasteiger partial charge in [0.05, 0.1) is 17.3 Å². The molecule has 1 heterocycles. The minimum Gasteiger partial charge on any atom is -0.508 e. The Labute approximate surface area is 114 Å². The van der Waals surface area contributed by atoms with Crippen LogP contribution in [0.3, 0.4) is 0 Å². The van der Waals surface area contributed by atoms with Crippen LogP contribution < -0.4 is 0 Å². The van der Waals surface area contributed by atoms with Gasteiger partial charge in [-0.2, -0.15) is 5.10 Å². The molecule has 0 radical (unpaired) electrons. The smallest absolute Gasteiger partial charge is 0.171 e. The predicted molar refractivity (Wildman–Crippen MR) is 73.9 cm³/mol. The van der Waals surface area contributed by atoms with E-state index in [1.807, 2.05) is 18.2 Å². The van der Waals surface area contributed by atoms with Crippen LogP contribution in [-0.4, -0.2) is 26.2 Å². The van der Waals surface area contributed by atoms with E-state index in [0.29, 0.717) is 0 Å². The highest BCUT2D eigenvalue weighted by Crippen LogP contribution is 2.24. The summed E-state index contributed by atoms with van der Waals surface area (Å²) in [6.07, 6.45) is 1.84. The first kappa shape index (κ1) is 12.2. The van der Waals surface area contributed by atoms with Crippen LogP contribution in [0.25, 0.3) is 10.9 Å². The van der Waals surface area contributed by atoms with E-state index in [1.165, 1.54) is 18.2 Å². The molecule has 0 amide bonds. The largest absolute Gasteiger partial charge is 0.508 e. The number of aromatic amines is 1. The topological polar surface area (TPSA) is 86.2 Å². The van der Waals surface area contributed by atoms with Gasteiger partial charge < -0.3 is 10.2 Å². The molecule has 0 saturated carbocycles. The number of ketones is 1. The van der Waals surface area contributed by atoms with Crippen LogP contribution in [0, 0.1) is 0 Å². The average molecular weight is 268 g/mol. The molecule has 0 bridgehead atoms. The summed E-state index contributed by atoms with van der Waals surface area (Å²) < 4.78 is 0. The quantitative estimate of drug-likeness (QED) is 0.503. The molecule has 3 rings (SSSR count). The number of fused-ring (bicyclic) bond motifs is 1. The third kappa shape index (κ3) is 2.21. The van der Waals surface area contributed by atoms with Crippen molar-refractivity contribution in [1.82, 2.24) is 10.2 Å². The fourth-order valence-electron chi connectivity index (χ4n) is 2.13. The number of phenolic OH excluding ortho intramolecular Hbond substituents is 2. The van der Waals surface area contributed by atoms with E-state index in [0.717, 1.165) is 16.5 Å². The minimum atomic E-state index is -0.249. The summed E-state index contributed by atoms with van der Waals surface area (Å²) in [5.74, 6) is -0.421. The van der Waals surface area contributed by atoms with Gasteiger partial charge in [0, 0.05) is 11.8 Å². The number of nitrogens with zero attached hydrogens (tertiary/aromatic N) is 1. The summed E-state index contributed by atoms with van der Waals surface area (Å²) in [5, 5.41) is 26.8. The van der Waals surface area contributed by atoms with E-state index in [9.17, 15) is 15.0 Å². The number of nitrogens with one attached hydrogen (secondary N) is 1. The summed E-state index contributed by atoms with van der Waals surface area (Å²) in [4.78, 5) is 12.2. The van der Waals surface area contributed by atoms with Gasteiger partial charge in [-0.15, -0.1) is 0 Å². The summed E-state index contributed by atoms with van der Waals surface area (Å²) in [7, 11) is 0. The molecule has 100 valence electrons. The molecule has 0 spiro atoms. The summed E-state index contributed by atoms with van der Waals surface area (Å²) in [5.41, 5.74) is 1.85. The maximum absolute atomic E-state index is 12.2. The molecule has 0 saturated heterocycles. The molecule has 0 aliphatic heterocycles. The second-order valence-corrected chi connectivity index (χ2v) is 4.59. The van der Waals surface area contributed by atoms with E-state index in [1.54, 1.807) is 6.20 Å². The summed E-state index contributed by atoms with van der Waals surface area (Å²) >= 11 is 0. The molecule has 0 unspecified atom stereocenters. The third-order valence-corrected chi connectivity index (χ3v) is 3.15. The van der Waals surface area contributed by atoms with Crippen LogP contribution in [0.2, 0.25) is 0 Å². The molecule has 3 N–H and O–H groups in total. The molecule has 5 nitrogen and oxygen atoms in total. The van der Waals surface area contributed by atoms with Crippen molar-refractivity contribution in [2.45, 2.75) is 6.42 Å². The minimum absolute atomic E-state index is 0.0450. The molecule has 0 atom stereocenters. The fourth-order valence-corrected chi connectivity index (χ4v) is 2.13. The number of hydrogen-bond donors (Lipinski definition) is 3. The number of aromatic nitrogens is 2. The van der Waals surface area contributed by atoms with Gasteiger partial charge in [0.1, 0.15) is 11.5 Å². The lowest BCUT2D eigenvalue weighted by molar-refractivity contribution is 0.0990. The van der Waals surface area contributed by atoms with Crippen molar-refractivity contribution >= 4 is 16.7 Å². The Kier molecular flexibility index (Phi) is 2.87. The van der Waals surface area contributed by atoms with Crippen LogP contribution >= 0.6 is 0 Å². The Morgan fingerprint density at radius 2 is 2.00 bits per heavy atom. The monoisotopic (exact) mass is 268 g/mol. The maximum Gasteiger partial charge on any atom is 0.171 e. The number of aromatic hydroxyl groups is 2. The molecule has 0 fully saturated rings. The highest BCUT2D eigenvalue weighted by molar-refractivity contribution is 6.00. The van der Waals surface area contributed by atoms with E-state index >= 15 is 0 Å². The molecule has 0 aliphatic rings. The van der Waals surface area contributed by atoms with Gasteiger partial charge in [0.25, 0.3) is 0 Å². The number of carbonyl (C=O) groups is 1.